The molecule has 1 fully saturated rings. The Morgan fingerprint density at radius 2 is 2.05 bits per heavy atom. The Kier molecular flexibility index (Phi) is 4.32. The largest absolute Gasteiger partial charge is 0.480 e. The van der Waals surface area contributed by atoms with Crippen molar-refractivity contribution in [2.75, 3.05) is 0 Å². The maximum atomic E-state index is 11.8. The normalized spacial score (nSPS) is 15.9. The van der Waals surface area contributed by atoms with E-state index in [2.05, 4.69) is 5.32 Å². The number of benzene rings is 1. The van der Waals surface area contributed by atoms with E-state index >= 15 is 0 Å². The molecule has 0 spiro atoms. The molecule has 102 valence electrons. The van der Waals surface area contributed by atoms with Crippen molar-refractivity contribution in [1.29, 1.82) is 0 Å². The number of rotatable bonds is 5. The lowest BCUT2D eigenvalue weighted by atomic mass is 10.1. The average molecular weight is 302 g/mol. The second kappa shape index (κ2) is 5.80. The molecule has 1 aromatic rings. The molecule has 1 aliphatic carbocycles. The fraction of sp³-hybridized carbons (Fsp3) is 0.385. The van der Waals surface area contributed by atoms with Crippen LogP contribution in [0, 0.1) is 5.92 Å². The van der Waals surface area contributed by atoms with E-state index in [1.807, 2.05) is 0 Å². The Balaban J connectivity index is 1.98. The highest BCUT2D eigenvalue weighted by atomic mass is 35.5. The number of carbonyl (C=O) groups excluding carboxylic acids is 1. The van der Waals surface area contributed by atoms with Gasteiger partial charge in [-0.3, -0.25) is 4.79 Å². The van der Waals surface area contributed by atoms with Crippen molar-refractivity contribution in [2.24, 2.45) is 5.92 Å². The molecule has 1 saturated carbocycles. The summed E-state index contributed by atoms with van der Waals surface area (Å²) in [7, 11) is 0. The highest BCUT2D eigenvalue weighted by molar-refractivity contribution is 6.35. The molecule has 6 heteroatoms. The van der Waals surface area contributed by atoms with Crippen LogP contribution in [0.15, 0.2) is 18.2 Å². The predicted molar refractivity (Wildman–Crippen MR) is 72.5 cm³/mol. The molecule has 1 atom stereocenters. The third kappa shape index (κ3) is 3.85. The summed E-state index contributed by atoms with van der Waals surface area (Å²) in [5.41, 5.74) is 0.628. The molecular formula is C13H13Cl2NO3. The Labute approximate surface area is 120 Å². The van der Waals surface area contributed by atoms with Crippen LogP contribution in [0.1, 0.15) is 18.4 Å². The third-order valence-corrected chi connectivity index (χ3v) is 3.63. The number of carboxylic acids is 1. The Morgan fingerprint density at radius 1 is 1.37 bits per heavy atom. The SMILES string of the molecule is O=C(Cc1ccc(Cl)cc1Cl)NC(C(=O)O)C1CC1. The van der Waals surface area contributed by atoms with Crippen LogP contribution in [0.25, 0.3) is 0 Å². The fourth-order valence-corrected chi connectivity index (χ4v) is 2.35. The molecule has 2 N–H and O–H groups in total. The van der Waals surface area contributed by atoms with Gasteiger partial charge in [0.05, 0.1) is 6.42 Å². The zero-order valence-corrected chi connectivity index (χ0v) is 11.5. The van der Waals surface area contributed by atoms with Crippen LogP contribution in [-0.4, -0.2) is 23.0 Å². The van der Waals surface area contributed by atoms with E-state index < -0.39 is 12.0 Å². The van der Waals surface area contributed by atoms with Crippen molar-refractivity contribution < 1.29 is 14.7 Å². The van der Waals surface area contributed by atoms with Gasteiger partial charge in [0.25, 0.3) is 0 Å². The minimum Gasteiger partial charge on any atom is -0.480 e. The first kappa shape index (κ1) is 14.2. The van der Waals surface area contributed by atoms with Crippen molar-refractivity contribution in [3.8, 4) is 0 Å². The van der Waals surface area contributed by atoms with Crippen molar-refractivity contribution in [3.05, 3.63) is 33.8 Å². The van der Waals surface area contributed by atoms with Crippen molar-refractivity contribution >= 4 is 35.1 Å². The van der Waals surface area contributed by atoms with E-state index in [1.54, 1.807) is 18.2 Å². The standard InChI is InChI=1S/C13H13Cl2NO3/c14-9-4-3-8(10(15)6-9)5-11(17)16-12(13(18)19)7-1-2-7/h3-4,6-7,12H,1-2,5H2,(H,16,17)(H,18,19). The number of halogens is 2. The highest BCUT2D eigenvalue weighted by Crippen LogP contribution is 2.32. The van der Waals surface area contributed by atoms with Crippen LogP contribution in [0.5, 0.6) is 0 Å². The molecule has 1 aliphatic rings. The summed E-state index contributed by atoms with van der Waals surface area (Å²) in [4.78, 5) is 22.9. The van der Waals surface area contributed by atoms with Gasteiger partial charge in [-0.2, -0.15) is 0 Å². The number of hydrogen-bond acceptors (Lipinski definition) is 2. The van der Waals surface area contributed by atoms with Gasteiger partial charge in [-0.15, -0.1) is 0 Å². The van der Waals surface area contributed by atoms with E-state index in [0.717, 1.165) is 12.8 Å². The molecule has 0 heterocycles. The minimum absolute atomic E-state index is 0.0481. The van der Waals surface area contributed by atoms with E-state index in [0.29, 0.717) is 15.6 Å². The van der Waals surface area contributed by atoms with E-state index in [1.165, 1.54) is 0 Å². The number of carbonyl (C=O) groups is 2. The van der Waals surface area contributed by atoms with Crippen molar-refractivity contribution in [3.63, 3.8) is 0 Å². The quantitative estimate of drug-likeness (QED) is 0.878. The molecule has 2 rings (SSSR count). The van der Waals surface area contributed by atoms with E-state index in [9.17, 15) is 9.59 Å². The van der Waals surface area contributed by atoms with Gasteiger partial charge >= 0.3 is 5.97 Å². The van der Waals surface area contributed by atoms with Gasteiger partial charge < -0.3 is 10.4 Å². The first-order chi connectivity index (χ1) is 8.97. The van der Waals surface area contributed by atoms with Crippen LogP contribution in [-0.2, 0) is 16.0 Å². The monoisotopic (exact) mass is 301 g/mol. The first-order valence-corrected chi connectivity index (χ1v) is 6.69. The second-order valence-electron chi connectivity index (χ2n) is 4.63. The number of hydrogen-bond donors (Lipinski definition) is 2. The molecule has 1 amide bonds. The van der Waals surface area contributed by atoms with Crippen LogP contribution in [0.3, 0.4) is 0 Å². The average Bonchev–Trinajstić information content (AvgIpc) is 3.13. The van der Waals surface area contributed by atoms with Gasteiger partial charge in [0.15, 0.2) is 0 Å². The van der Waals surface area contributed by atoms with Crippen molar-refractivity contribution in [2.45, 2.75) is 25.3 Å². The van der Waals surface area contributed by atoms with Gasteiger partial charge in [-0.25, -0.2) is 4.79 Å². The topological polar surface area (TPSA) is 66.4 Å². The van der Waals surface area contributed by atoms with Gasteiger partial charge in [-0.05, 0) is 36.5 Å². The van der Waals surface area contributed by atoms with Crippen LogP contribution >= 0.6 is 23.2 Å². The molecular weight excluding hydrogens is 289 g/mol. The fourth-order valence-electron chi connectivity index (χ4n) is 1.87. The lowest BCUT2D eigenvalue weighted by molar-refractivity contribution is -0.142. The minimum atomic E-state index is -0.988. The summed E-state index contributed by atoms with van der Waals surface area (Å²) in [6.07, 6.45) is 1.74. The summed E-state index contributed by atoms with van der Waals surface area (Å²) in [5.74, 6) is -1.27. The van der Waals surface area contributed by atoms with Crippen LogP contribution in [0.4, 0.5) is 0 Å². The van der Waals surface area contributed by atoms with Crippen LogP contribution in [0.2, 0.25) is 10.0 Å². The zero-order valence-electron chi connectivity index (χ0n) is 10.0. The maximum Gasteiger partial charge on any atom is 0.326 e. The van der Waals surface area contributed by atoms with E-state index in [4.69, 9.17) is 28.3 Å². The maximum absolute atomic E-state index is 11.8. The zero-order chi connectivity index (χ0) is 14.0. The molecule has 4 nitrogen and oxygen atoms in total. The molecule has 0 aromatic heterocycles. The summed E-state index contributed by atoms with van der Waals surface area (Å²) >= 11 is 11.7. The summed E-state index contributed by atoms with van der Waals surface area (Å²) < 4.78 is 0. The predicted octanol–water partition coefficient (Wildman–Crippen LogP) is 2.52. The first-order valence-electron chi connectivity index (χ1n) is 5.93. The lowest BCUT2D eigenvalue weighted by Crippen LogP contribution is -2.43. The lowest BCUT2D eigenvalue weighted by Gasteiger charge is -2.13. The van der Waals surface area contributed by atoms with Crippen LogP contribution < -0.4 is 5.32 Å². The molecule has 0 saturated heterocycles. The molecule has 0 aliphatic heterocycles. The Hall–Kier alpha value is -1.26. The Morgan fingerprint density at radius 3 is 2.58 bits per heavy atom. The number of carboxylic acid groups (broad SMARTS) is 1. The van der Waals surface area contributed by atoms with Crippen molar-refractivity contribution in [1.82, 2.24) is 5.32 Å². The van der Waals surface area contributed by atoms with Gasteiger partial charge in [0, 0.05) is 10.0 Å². The number of aliphatic carboxylic acids is 1. The summed E-state index contributed by atoms with van der Waals surface area (Å²) in [6, 6.07) is 4.07. The van der Waals surface area contributed by atoms with Gasteiger partial charge in [-0.1, -0.05) is 29.3 Å². The number of amides is 1. The smallest absolute Gasteiger partial charge is 0.326 e. The summed E-state index contributed by atoms with van der Waals surface area (Å²) in [6.45, 7) is 0. The number of nitrogens with one attached hydrogen (secondary N) is 1. The molecule has 0 bridgehead atoms. The Bertz CT molecular complexity index is 515. The molecule has 1 unspecified atom stereocenters. The second-order valence-corrected chi connectivity index (χ2v) is 5.48. The molecule has 0 radical (unpaired) electrons. The van der Waals surface area contributed by atoms with E-state index in [-0.39, 0.29) is 18.2 Å². The third-order valence-electron chi connectivity index (χ3n) is 3.04. The molecule has 1 aromatic carbocycles. The van der Waals surface area contributed by atoms with Gasteiger partial charge in [0.2, 0.25) is 5.91 Å². The summed E-state index contributed by atoms with van der Waals surface area (Å²) in [5, 5.41) is 12.5. The molecule has 19 heavy (non-hydrogen) atoms. The highest BCUT2D eigenvalue weighted by Gasteiger charge is 2.37. The van der Waals surface area contributed by atoms with Gasteiger partial charge in [0.1, 0.15) is 6.04 Å².